The molecular formula is C20H18N4O2. The highest BCUT2D eigenvalue weighted by molar-refractivity contribution is 6.00. The molecule has 0 saturated heterocycles. The van der Waals surface area contributed by atoms with E-state index in [-0.39, 0.29) is 0 Å². The minimum Gasteiger partial charge on any atom is -0.366 e. The van der Waals surface area contributed by atoms with Crippen LogP contribution in [0.1, 0.15) is 27.4 Å². The van der Waals surface area contributed by atoms with Gasteiger partial charge in [0.15, 0.2) is 0 Å². The quantitative estimate of drug-likeness (QED) is 0.587. The molecule has 0 aliphatic rings. The number of H-pyrrole nitrogens is 1. The highest BCUT2D eigenvalue weighted by Gasteiger charge is 2.18. The van der Waals surface area contributed by atoms with Gasteiger partial charge < -0.3 is 15.2 Å². The molecule has 6 heteroatoms. The molecule has 0 aliphatic carbocycles. The third-order valence-electron chi connectivity index (χ3n) is 4.74. The molecule has 0 radical (unpaired) electrons. The SMILES string of the molecule is Cc1noc(C)c1-c1cc(-c2cccc(C(N)=O)c2C)c2nc[nH]c2c1. The maximum atomic E-state index is 11.7. The summed E-state index contributed by atoms with van der Waals surface area (Å²) in [4.78, 5) is 19.4. The molecular weight excluding hydrogens is 328 g/mol. The molecule has 0 atom stereocenters. The van der Waals surface area contributed by atoms with Gasteiger partial charge in [-0.3, -0.25) is 4.79 Å². The lowest BCUT2D eigenvalue weighted by atomic mass is 9.92. The smallest absolute Gasteiger partial charge is 0.248 e. The van der Waals surface area contributed by atoms with Gasteiger partial charge >= 0.3 is 0 Å². The standard InChI is InChI=1S/C20H18N4O2/c1-10-14(5-4-6-15(10)20(21)25)16-7-13(8-17-19(16)23-9-22-17)18-11(2)24-26-12(18)3/h4-9H,1-3H3,(H2,21,25)(H,22,23). The number of primary amides is 1. The predicted octanol–water partition coefficient (Wildman–Crippen LogP) is 3.91. The van der Waals surface area contributed by atoms with E-state index in [4.69, 9.17) is 10.3 Å². The molecule has 0 saturated carbocycles. The first-order valence-corrected chi connectivity index (χ1v) is 8.27. The van der Waals surface area contributed by atoms with E-state index < -0.39 is 5.91 Å². The summed E-state index contributed by atoms with van der Waals surface area (Å²) >= 11 is 0. The number of hydrogen-bond donors (Lipinski definition) is 2. The number of amides is 1. The van der Waals surface area contributed by atoms with Crippen molar-refractivity contribution in [1.29, 1.82) is 0 Å². The zero-order valence-electron chi connectivity index (χ0n) is 14.8. The Hall–Kier alpha value is -3.41. The molecule has 2 heterocycles. The number of aromatic amines is 1. The lowest BCUT2D eigenvalue weighted by Crippen LogP contribution is -2.13. The Morgan fingerprint density at radius 3 is 2.65 bits per heavy atom. The van der Waals surface area contributed by atoms with Crippen LogP contribution in [0.2, 0.25) is 0 Å². The molecule has 0 bridgehead atoms. The van der Waals surface area contributed by atoms with Crippen molar-refractivity contribution in [2.75, 3.05) is 0 Å². The number of nitrogens with zero attached hydrogens (tertiary/aromatic N) is 2. The Morgan fingerprint density at radius 2 is 1.96 bits per heavy atom. The van der Waals surface area contributed by atoms with Gasteiger partial charge in [-0.1, -0.05) is 17.3 Å². The summed E-state index contributed by atoms with van der Waals surface area (Å²) in [6.45, 7) is 5.71. The number of aryl methyl sites for hydroxylation is 2. The minimum atomic E-state index is -0.440. The zero-order chi connectivity index (χ0) is 18.4. The van der Waals surface area contributed by atoms with Gasteiger partial charge in [0, 0.05) is 16.7 Å². The van der Waals surface area contributed by atoms with Crippen molar-refractivity contribution < 1.29 is 9.32 Å². The van der Waals surface area contributed by atoms with Gasteiger partial charge in [0.1, 0.15) is 5.76 Å². The van der Waals surface area contributed by atoms with Crippen LogP contribution in [0.3, 0.4) is 0 Å². The van der Waals surface area contributed by atoms with Gasteiger partial charge in [0.05, 0.1) is 23.1 Å². The molecule has 1 amide bonds. The fourth-order valence-corrected chi connectivity index (χ4v) is 3.49. The minimum absolute atomic E-state index is 0.440. The van der Waals surface area contributed by atoms with Crippen molar-refractivity contribution in [2.45, 2.75) is 20.8 Å². The highest BCUT2D eigenvalue weighted by Crippen LogP contribution is 2.36. The molecule has 4 rings (SSSR count). The number of rotatable bonds is 3. The van der Waals surface area contributed by atoms with Crippen LogP contribution >= 0.6 is 0 Å². The second kappa shape index (κ2) is 5.84. The topological polar surface area (TPSA) is 97.8 Å². The third kappa shape index (κ3) is 2.38. The monoisotopic (exact) mass is 346 g/mol. The number of fused-ring (bicyclic) bond motifs is 1. The van der Waals surface area contributed by atoms with Crippen LogP contribution in [0.25, 0.3) is 33.3 Å². The Kier molecular flexibility index (Phi) is 3.61. The van der Waals surface area contributed by atoms with Crippen molar-refractivity contribution >= 4 is 16.9 Å². The van der Waals surface area contributed by atoms with Gasteiger partial charge in [0.2, 0.25) is 5.91 Å². The number of benzene rings is 2. The Bertz CT molecular complexity index is 1130. The number of imidazole rings is 1. The molecule has 0 fully saturated rings. The Balaban J connectivity index is 2.04. The second-order valence-electron chi connectivity index (χ2n) is 6.36. The summed E-state index contributed by atoms with van der Waals surface area (Å²) in [5.41, 5.74) is 13.2. The van der Waals surface area contributed by atoms with Crippen LogP contribution in [-0.4, -0.2) is 21.0 Å². The van der Waals surface area contributed by atoms with Gasteiger partial charge in [-0.05, 0) is 55.7 Å². The second-order valence-corrected chi connectivity index (χ2v) is 6.36. The molecule has 130 valence electrons. The summed E-state index contributed by atoms with van der Waals surface area (Å²) in [6, 6.07) is 9.64. The first kappa shape index (κ1) is 16.1. The van der Waals surface area contributed by atoms with E-state index in [0.29, 0.717) is 5.56 Å². The normalized spacial score (nSPS) is 11.2. The van der Waals surface area contributed by atoms with E-state index in [2.05, 4.69) is 21.2 Å². The van der Waals surface area contributed by atoms with E-state index in [0.717, 1.165) is 50.3 Å². The van der Waals surface area contributed by atoms with Crippen molar-refractivity contribution in [3.63, 3.8) is 0 Å². The summed E-state index contributed by atoms with van der Waals surface area (Å²) in [6.07, 6.45) is 1.67. The maximum absolute atomic E-state index is 11.7. The number of carbonyl (C=O) groups excluding carboxylic acids is 1. The predicted molar refractivity (Wildman–Crippen MR) is 99.8 cm³/mol. The van der Waals surface area contributed by atoms with Gasteiger partial charge in [0.25, 0.3) is 0 Å². The lowest BCUT2D eigenvalue weighted by molar-refractivity contribution is 0.1000. The Labute approximate surface area is 150 Å². The molecule has 2 aromatic carbocycles. The van der Waals surface area contributed by atoms with Crippen LogP contribution in [0, 0.1) is 20.8 Å². The molecule has 2 aromatic heterocycles. The van der Waals surface area contributed by atoms with E-state index in [1.54, 1.807) is 12.4 Å². The highest BCUT2D eigenvalue weighted by atomic mass is 16.5. The fraction of sp³-hybridized carbons (Fsp3) is 0.150. The summed E-state index contributed by atoms with van der Waals surface area (Å²) in [7, 11) is 0. The molecule has 3 N–H and O–H groups in total. The maximum Gasteiger partial charge on any atom is 0.248 e. The van der Waals surface area contributed by atoms with Crippen molar-refractivity contribution in [3.05, 3.63) is 59.2 Å². The lowest BCUT2D eigenvalue weighted by Gasteiger charge is -2.12. The third-order valence-corrected chi connectivity index (χ3v) is 4.74. The van der Waals surface area contributed by atoms with Crippen molar-refractivity contribution in [2.24, 2.45) is 5.73 Å². The van der Waals surface area contributed by atoms with Crippen LogP contribution in [0.15, 0.2) is 41.2 Å². The Morgan fingerprint density at radius 1 is 1.15 bits per heavy atom. The van der Waals surface area contributed by atoms with E-state index in [1.165, 1.54) is 0 Å². The number of nitrogens with two attached hydrogens (primary N) is 1. The molecule has 26 heavy (non-hydrogen) atoms. The summed E-state index contributed by atoms with van der Waals surface area (Å²) < 4.78 is 5.33. The summed E-state index contributed by atoms with van der Waals surface area (Å²) in [5.74, 6) is 0.319. The fourth-order valence-electron chi connectivity index (χ4n) is 3.49. The van der Waals surface area contributed by atoms with E-state index >= 15 is 0 Å². The number of nitrogens with one attached hydrogen (secondary N) is 1. The number of hydrogen-bond acceptors (Lipinski definition) is 4. The molecule has 4 aromatic rings. The molecule has 6 nitrogen and oxygen atoms in total. The summed E-state index contributed by atoms with van der Waals surface area (Å²) in [5, 5.41) is 4.06. The van der Waals surface area contributed by atoms with Crippen LogP contribution in [0.4, 0.5) is 0 Å². The van der Waals surface area contributed by atoms with E-state index in [9.17, 15) is 4.79 Å². The van der Waals surface area contributed by atoms with Crippen LogP contribution in [-0.2, 0) is 0 Å². The molecule has 0 aliphatic heterocycles. The molecule has 0 unspecified atom stereocenters. The average molecular weight is 346 g/mol. The largest absolute Gasteiger partial charge is 0.366 e. The number of carbonyl (C=O) groups is 1. The number of aromatic nitrogens is 3. The molecule has 0 spiro atoms. The van der Waals surface area contributed by atoms with Crippen molar-refractivity contribution in [1.82, 2.24) is 15.1 Å². The van der Waals surface area contributed by atoms with Gasteiger partial charge in [-0.2, -0.15) is 0 Å². The van der Waals surface area contributed by atoms with Crippen LogP contribution in [0.5, 0.6) is 0 Å². The van der Waals surface area contributed by atoms with Crippen LogP contribution < -0.4 is 5.73 Å². The first-order chi connectivity index (χ1) is 12.5. The van der Waals surface area contributed by atoms with E-state index in [1.807, 2.05) is 39.0 Å². The zero-order valence-corrected chi connectivity index (χ0v) is 14.8. The van der Waals surface area contributed by atoms with Gasteiger partial charge in [-0.25, -0.2) is 4.98 Å². The first-order valence-electron chi connectivity index (χ1n) is 8.27. The van der Waals surface area contributed by atoms with Gasteiger partial charge in [-0.15, -0.1) is 0 Å². The van der Waals surface area contributed by atoms with Crippen molar-refractivity contribution in [3.8, 4) is 22.3 Å². The average Bonchev–Trinajstić information content (AvgIpc) is 3.20.